The van der Waals surface area contributed by atoms with E-state index in [1.54, 1.807) is 50.9 Å². The maximum absolute atomic E-state index is 12.1. The van der Waals surface area contributed by atoms with Crippen molar-refractivity contribution in [2.45, 2.75) is 6.42 Å². The van der Waals surface area contributed by atoms with Gasteiger partial charge in [-0.3, -0.25) is 4.79 Å². The minimum atomic E-state index is -0.106. The highest BCUT2D eigenvalue weighted by molar-refractivity contribution is 5.94. The van der Waals surface area contributed by atoms with Gasteiger partial charge in [0.05, 0.1) is 7.11 Å². The van der Waals surface area contributed by atoms with Crippen molar-refractivity contribution >= 4 is 5.91 Å². The van der Waals surface area contributed by atoms with E-state index >= 15 is 0 Å². The van der Waals surface area contributed by atoms with Gasteiger partial charge >= 0.3 is 6.01 Å². The van der Waals surface area contributed by atoms with E-state index in [-0.39, 0.29) is 11.9 Å². The Kier molecular flexibility index (Phi) is 7.13. The van der Waals surface area contributed by atoms with Crippen molar-refractivity contribution in [3.8, 4) is 28.6 Å². The van der Waals surface area contributed by atoms with Crippen LogP contribution in [0, 0.1) is 0 Å². The zero-order valence-electron chi connectivity index (χ0n) is 16.4. The summed E-state index contributed by atoms with van der Waals surface area (Å²) >= 11 is 0. The molecule has 0 aliphatic rings. The fourth-order valence-corrected chi connectivity index (χ4v) is 2.62. The first-order valence-corrected chi connectivity index (χ1v) is 9.21. The van der Waals surface area contributed by atoms with E-state index in [4.69, 9.17) is 14.2 Å². The maximum Gasteiger partial charge on any atom is 0.321 e. The molecule has 0 bridgehead atoms. The molecule has 3 rings (SSSR count). The molecule has 1 heterocycles. The Bertz CT molecular complexity index is 928. The van der Waals surface area contributed by atoms with Crippen LogP contribution in [0.15, 0.2) is 60.9 Å². The molecular formula is C22H23N3O4. The summed E-state index contributed by atoms with van der Waals surface area (Å²) in [6, 6.07) is 14.8. The number of hydrogen-bond donors (Lipinski definition) is 1. The maximum atomic E-state index is 12.1. The van der Waals surface area contributed by atoms with Crippen LogP contribution in [0.4, 0.5) is 0 Å². The third-order valence-corrected chi connectivity index (χ3v) is 4.17. The zero-order valence-corrected chi connectivity index (χ0v) is 16.4. The van der Waals surface area contributed by atoms with E-state index in [1.807, 2.05) is 24.3 Å². The monoisotopic (exact) mass is 393 g/mol. The summed E-state index contributed by atoms with van der Waals surface area (Å²) in [6.07, 6.45) is 4.15. The lowest BCUT2D eigenvalue weighted by molar-refractivity contribution is 0.0948. The summed E-state index contributed by atoms with van der Waals surface area (Å²) in [5.74, 6) is 1.19. The molecule has 0 fully saturated rings. The zero-order chi connectivity index (χ0) is 20.5. The standard InChI is InChI=1S/C22H23N3O4/c1-27-12-4-11-23-21(26)17-9-7-16(8-10-17)18-14-24-22(25-15-18)29-20-6-3-5-19(13-20)28-2/h3,5-10,13-15H,4,11-12H2,1-2H3,(H,23,26). The summed E-state index contributed by atoms with van der Waals surface area (Å²) in [7, 11) is 3.24. The Hall–Kier alpha value is -3.45. The van der Waals surface area contributed by atoms with Gasteiger partial charge in [-0.15, -0.1) is 0 Å². The van der Waals surface area contributed by atoms with Crippen molar-refractivity contribution in [3.05, 3.63) is 66.5 Å². The Morgan fingerprint density at radius 1 is 0.966 bits per heavy atom. The van der Waals surface area contributed by atoms with Crippen molar-refractivity contribution in [3.63, 3.8) is 0 Å². The highest BCUT2D eigenvalue weighted by atomic mass is 16.5. The van der Waals surface area contributed by atoms with Crippen LogP contribution in [0.25, 0.3) is 11.1 Å². The number of benzene rings is 2. The molecule has 0 unspecified atom stereocenters. The van der Waals surface area contributed by atoms with Gasteiger partial charge in [-0.25, -0.2) is 9.97 Å². The van der Waals surface area contributed by atoms with Crippen LogP contribution in [-0.4, -0.2) is 43.2 Å². The first-order chi connectivity index (χ1) is 14.2. The van der Waals surface area contributed by atoms with E-state index < -0.39 is 0 Å². The lowest BCUT2D eigenvalue weighted by Gasteiger charge is -2.07. The second-order valence-corrected chi connectivity index (χ2v) is 6.21. The average molecular weight is 393 g/mol. The first kappa shape index (κ1) is 20.3. The summed E-state index contributed by atoms with van der Waals surface area (Å²) < 4.78 is 15.8. The number of aromatic nitrogens is 2. The molecule has 0 spiro atoms. The number of carbonyl (C=O) groups excluding carboxylic acids is 1. The van der Waals surface area contributed by atoms with Crippen molar-refractivity contribution < 1.29 is 19.0 Å². The number of nitrogens with zero attached hydrogens (tertiary/aromatic N) is 2. The van der Waals surface area contributed by atoms with Gasteiger partial charge in [-0.05, 0) is 36.2 Å². The molecule has 1 amide bonds. The molecule has 0 saturated heterocycles. The number of hydrogen-bond acceptors (Lipinski definition) is 6. The molecule has 0 aliphatic carbocycles. The molecule has 29 heavy (non-hydrogen) atoms. The number of methoxy groups -OCH3 is 2. The van der Waals surface area contributed by atoms with Gasteiger partial charge in [0.2, 0.25) is 0 Å². The molecule has 1 N–H and O–H groups in total. The van der Waals surface area contributed by atoms with Gasteiger partial charge in [0.15, 0.2) is 0 Å². The van der Waals surface area contributed by atoms with Crippen molar-refractivity contribution in [1.82, 2.24) is 15.3 Å². The van der Waals surface area contributed by atoms with Crippen LogP contribution in [0.5, 0.6) is 17.5 Å². The summed E-state index contributed by atoms with van der Waals surface area (Å²) in [4.78, 5) is 20.6. The molecule has 0 radical (unpaired) electrons. The quantitative estimate of drug-likeness (QED) is 0.558. The molecule has 7 nitrogen and oxygen atoms in total. The molecule has 3 aromatic rings. The molecule has 0 aliphatic heterocycles. The van der Waals surface area contributed by atoms with Gasteiger partial charge in [0, 0.05) is 49.8 Å². The Morgan fingerprint density at radius 2 is 1.69 bits per heavy atom. The molecular weight excluding hydrogens is 370 g/mol. The topological polar surface area (TPSA) is 82.6 Å². The highest BCUT2D eigenvalue weighted by Gasteiger charge is 2.07. The predicted octanol–water partition coefficient (Wildman–Crippen LogP) is 3.71. The van der Waals surface area contributed by atoms with Gasteiger partial charge in [-0.2, -0.15) is 0 Å². The van der Waals surface area contributed by atoms with Gasteiger partial charge in [0.25, 0.3) is 5.91 Å². The third-order valence-electron chi connectivity index (χ3n) is 4.17. The van der Waals surface area contributed by atoms with Crippen molar-refractivity contribution in [1.29, 1.82) is 0 Å². The normalized spacial score (nSPS) is 10.4. The van der Waals surface area contributed by atoms with Gasteiger partial charge in [0.1, 0.15) is 11.5 Å². The van der Waals surface area contributed by atoms with E-state index in [1.165, 1.54) is 0 Å². The fraction of sp³-hybridized carbons (Fsp3) is 0.227. The summed E-state index contributed by atoms with van der Waals surface area (Å²) in [5.41, 5.74) is 2.34. The molecule has 150 valence electrons. The van der Waals surface area contributed by atoms with Crippen LogP contribution in [-0.2, 0) is 4.74 Å². The predicted molar refractivity (Wildman–Crippen MR) is 109 cm³/mol. The van der Waals surface area contributed by atoms with E-state index in [0.29, 0.717) is 30.2 Å². The van der Waals surface area contributed by atoms with Gasteiger partial charge < -0.3 is 19.5 Å². The van der Waals surface area contributed by atoms with E-state index in [0.717, 1.165) is 17.5 Å². The van der Waals surface area contributed by atoms with Crippen LogP contribution in [0.3, 0.4) is 0 Å². The van der Waals surface area contributed by atoms with Gasteiger partial charge in [-0.1, -0.05) is 18.2 Å². The molecule has 0 atom stereocenters. The largest absolute Gasteiger partial charge is 0.497 e. The van der Waals surface area contributed by atoms with Crippen molar-refractivity contribution in [2.75, 3.05) is 27.4 Å². The van der Waals surface area contributed by atoms with Crippen molar-refractivity contribution in [2.24, 2.45) is 0 Å². The van der Waals surface area contributed by atoms with Crippen LogP contribution in [0.2, 0.25) is 0 Å². The molecule has 7 heteroatoms. The smallest absolute Gasteiger partial charge is 0.321 e. The number of rotatable bonds is 9. The second kappa shape index (κ2) is 10.2. The average Bonchev–Trinajstić information content (AvgIpc) is 2.77. The van der Waals surface area contributed by atoms with Crippen LogP contribution >= 0.6 is 0 Å². The summed E-state index contributed by atoms with van der Waals surface area (Å²) in [6.45, 7) is 1.20. The lowest BCUT2D eigenvalue weighted by Crippen LogP contribution is -2.25. The Morgan fingerprint density at radius 3 is 2.38 bits per heavy atom. The fourth-order valence-electron chi connectivity index (χ4n) is 2.62. The first-order valence-electron chi connectivity index (χ1n) is 9.21. The second-order valence-electron chi connectivity index (χ2n) is 6.21. The number of carbonyl (C=O) groups is 1. The number of nitrogens with one attached hydrogen (secondary N) is 1. The third kappa shape index (κ3) is 5.76. The van der Waals surface area contributed by atoms with E-state index in [9.17, 15) is 4.79 Å². The molecule has 2 aromatic carbocycles. The van der Waals surface area contributed by atoms with Crippen LogP contribution < -0.4 is 14.8 Å². The molecule has 1 aromatic heterocycles. The lowest BCUT2D eigenvalue weighted by atomic mass is 10.1. The Balaban J connectivity index is 1.61. The minimum absolute atomic E-state index is 0.106. The Labute approximate surface area is 169 Å². The summed E-state index contributed by atoms with van der Waals surface area (Å²) in [5, 5.41) is 2.86. The SMILES string of the molecule is COCCCNC(=O)c1ccc(-c2cnc(Oc3cccc(OC)c3)nc2)cc1. The number of amides is 1. The van der Waals surface area contributed by atoms with Crippen LogP contribution in [0.1, 0.15) is 16.8 Å². The number of ether oxygens (including phenoxy) is 3. The highest BCUT2D eigenvalue weighted by Crippen LogP contribution is 2.24. The minimum Gasteiger partial charge on any atom is -0.497 e. The van der Waals surface area contributed by atoms with E-state index in [2.05, 4.69) is 15.3 Å². The molecule has 0 saturated carbocycles.